The Balaban J connectivity index is 2.43. The third-order valence-electron chi connectivity index (χ3n) is 3.46. The Bertz CT molecular complexity index is 966. The molecule has 0 amide bonds. The number of hydrogen-bond donors (Lipinski definition) is 1. The molecule has 1 heterocycles. The second-order valence-corrected chi connectivity index (χ2v) is 9.16. The smallest absolute Gasteiger partial charge is 0.280 e. The predicted octanol–water partition coefficient (Wildman–Crippen LogP) is 1.90. The third kappa shape index (κ3) is 4.14. The lowest BCUT2D eigenvalue weighted by Crippen LogP contribution is -2.30. The molecule has 11 heteroatoms. The molecule has 0 saturated heterocycles. The van der Waals surface area contributed by atoms with Crippen molar-refractivity contribution in [2.24, 2.45) is 7.05 Å². The fourth-order valence-electron chi connectivity index (χ4n) is 2.20. The maximum Gasteiger partial charge on any atom is 0.280 e. The number of benzene rings is 1. The Labute approximate surface area is 152 Å². The minimum Gasteiger partial charge on any atom is -0.339 e. The fourth-order valence-corrected chi connectivity index (χ4v) is 5.19. The van der Waals surface area contributed by atoms with Gasteiger partial charge < -0.3 is 4.57 Å². The minimum atomic E-state index is -3.93. The molecule has 8 nitrogen and oxygen atoms in total. The van der Waals surface area contributed by atoms with Crippen molar-refractivity contribution in [3.63, 3.8) is 0 Å². The van der Waals surface area contributed by atoms with E-state index in [0.29, 0.717) is 0 Å². The van der Waals surface area contributed by atoms with Gasteiger partial charge in [-0.2, -0.15) is 12.7 Å². The van der Waals surface area contributed by atoms with E-state index in [1.807, 2.05) is 0 Å². The molecule has 0 bridgehead atoms. The van der Waals surface area contributed by atoms with Crippen molar-refractivity contribution in [2.75, 3.05) is 17.8 Å². The number of aryl methyl sites for hydroxylation is 1. The summed E-state index contributed by atoms with van der Waals surface area (Å²) >= 11 is 6.03. The van der Waals surface area contributed by atoms with E-state index in [4.69, 9.17) is 11.6 Å². The van der Waals surface area contributed by atoms with Crippen LogP contribution in [0.4, 0.5) is 5.69 Å². The molecule has 0 saturated carbocycles. The summed E-state index contributed by atoms with van der Waals surface area (Å²) in [5.41, 5.74) is 0.0841. The lowest BCUT2D eigenvalue weighted by Gasteiger charge is -2.19. The van der Waals surface area contributed by atoms with Crippen LogP contribution in [0.5, 0.6) is 0 Å². The maximum atomic E-state index is 12.7. The Morgan fingerprint density at radius 1 is 1.20 bits per heavy atom. The Morgan fingerprint density at radius 3 is 2.36 bits per heavy atom. The topological polar surface area (TPSA) is 101 Å². The summed E-state index contributed by atoms with van der Waals surface area (Å²) in [7, 11) is -6.11. The van der Waals surface area contributed by atoms with Crippen molar-refractivity contribution in [1.82, 2.24) is 13.9 Å². The highest BCUT2D eigenvalue weighted by molar-refractivity contribution is 7.92. The number of rotatable bonds is 7. The summed E-state index contributed by atoms with van der Waals surface area (Å²) in [5.74, 6) is 0. The van der Waals surface area contributed by atoms with Crippen LogP contribution in [0.15, 0.2) is 40.6 Å². The molecule has 2 aromatic rings. The molecular formula is C14H19ClN4O4S2. The molecule has 0 radical (unpaired) electrons. The van der Waals surface area contributed by atoms with Crippen LogP contribution in [0.1, 0.15) is 13.8 Å². The molecule has 0 fully saturated rings. The van der Waals surface area contributed by atoms with Crippen molar-refractivity contribution >= 4 is 37.3 Å². The second kappa shape index (κ2) is 7.32. The van der Waals surface area contributed by atoms with Gasteiger partial charge in [0.15, 0.2) is 5.03 Å². The average Bonchev–Trinajstić information content (AvgIpc) is 2.97. The number of aromatic nitrogens is 2. The zero-order valence-electron chi connectivity index (χ0n) is 14.0. The number of sulfonamides is 2. The van der Waals surface area contributed by atoms with Gasteiger partial charge in [0.25, 0.3) is 10.0 Å². The maximum absolute atomic E-state index is 12.7. The number of nitrogens with one attached hydrogen (secondary N) is 1. The monoisotopic (exact) mass is 406 g/mol. The van der Waals surface area contributed by atoms with Gasteiger partial charge in [-0.05, 0) is 18.2 Å². The van der Waals surface area contributed by atoms with Crippen molar-refractivity contribution in [1.29, 1.82) is 0 Å². The summed E-state index contributed by atoms with van der Waals surface area (Å²) in [6, 6.07) is 3.94. The molecule has 1 aromatic heterocycles. The van der Waals surface area contributed by atoms with Gasteiger partial charge in [0.05, 0.1) is 17.0 Å². The molecule has 2 rings (SSSR count). The standard InChI is InChI=1S/C14H19ClN4O4S2/c1-4-19(5-2)25(22,23)13-8-11(6-7-12(13)15)17-24(20,21)14-9-18(3)10-16-14/h6-10,17H,4-5H2,1-3H3. The van der Waals surface area contributed by atoms with Gasteiger partial charge in [0.2, 0.25) is 10.0 Å². The van der Waals surface area contributed by atoms with Gasteiger partial charge in [-0.3, -0.25) is 4.72 Å². The number of hydrogen-bond acceptors (Lipinski definition) is 5. The van der Waals surface area contributed by atoms with E-state index in [9.17, 15) is 16.8 Å². The van der Waals surface area contributed by atoms with E-state index in [2.05, 4.69) is 9.71 Å². The lowest BCUT2D eigenvalue weighted by atomic mass is 10.3. The molecule has 138 valence electrons. The molecule has 0 atom stereocenters. The zero-order valence-corrected chi connectivity index (χ0v) is 16.4. The summed E-state index contributed by atoms with van der Waals surface area (Å²) in [4.78, 5) is 3.63. The summed E-state index contributed by atoms with van der Waals surface area (Å²) in [6.07, 6.45) is 2.69. The SMILES string of the molecule is CCN(CC)S(=O)(=O)c1cc(NS(=O)(=O)c2cn(C)cn2)ccc1Cl. The molecule has 1 N–H and O–H groups in total. The van der Waals surface area contributed by atoms with Gasteiger partial charge >= 0.3 is 0 Å². The molecule has 0 aliphatic rings. The quantitative estimate of drug-likeness (QED) is 0.756. The van der Waals surface area contributed by atoms with Crippen LogP contribution in [-0.4, -0.2) is 43.8 Å². The van der Waals surface area contributed by atoms with Crippen LogP contribution >= 0.6 is 11.6 Å². The lowest BCUT2D eigenvalue weighted by molar-refractivity contribution is 0.445. The first-order valence-corrected chi connectivity index (χ1v) is 10.7. The van der Waals surface area contributed by atoms with E-state index in [1.165, 1.54) is 39.6 Å². The molecule has 0 spiro atoms. The number of anilines is 1. The number of imidazole rings is 1. The van der Waals surface area contributed by atoms with Crippen molar-refractivity contribution in [3.8, 4) is 0 Å². The van der Waals surface area contributed by atoms with Gasteiger partial charge in [-0.15, -0.1) is 0 Å². The zero-order chi connectivity index (χ0) is 18.8. The van der Waals surface area contributed by atoms with Gasteiger partial charge in [0.1, 0.15) is 4.90 Å². The first-order valence-electron chi connectivity index (χ1n) is 7.42. The first-order chi connectivity index (χ1) is 11.6. The van der Waals surface area contributed by atoms with Crippen molar-refractivity contribution < 1.29 is 16.8 Å². The van der Waals surface area contributed by atoms with E-state index >= 15 is 0 Å². The second-order valence-electron chi connectivity index (χ2n) is 5.22. The third-order valence-corrected chi connectivity index (χ3v) is 7.26. The molecular weight excluding hydrogens is 388 g/mol. The van der Waals surface area contributed by atoms with Gasteiger partial charge in [-0.1, -0.05) is 25.4 Å². The Kier molecular flexibility index (Phi) is 5.77. The normalized spacial score (nSPS) is 12.5. The Morgan fingerprint density at radius 2 is 1.84 bits per heavy atom. The van der Waals surface area contributed by atoms with E-state index in [-0.39, 0.29) is 33.7 Å². The highest BCUT2D eigenvalue weighted by Crippen LogP contribution is 2.28. The first kappa shape index (κ1) is 19.7. The predicted molar refractivity (Wildman–Crippen MR) is 95.6 cm³/mol. The number of halogens is 1. The summed E-state index contributed by atoms with van der Waals surface area (Å²) in [5, 5.41) is -0.147. The summed E-state index contributed by atoms with van der Waals surface area (Å²) in [6.45, 7) is 3.98. The van der Waals surface area contributed by atoms with Crippen LogP contribution in [0.2, 0.25) is 5.02 Å². The van der Waals surface area contributed by atoms with Crippen molar-refractivity contribution in [3.05, 3.63) is 35.7 Å². The van der Waals surface area contributed by atoms with E-state index < -0.39 is 20.0 Å². The molecule has 0 aliphatic carbocycles. The van der Waals surface area contributed by atoms with Crippen LogP contribution in [0.3, 0.4) is 0 Å². The highest BCUT2D eigenvalue weighted by atomic mass is 35.5. The Hall–Kier alpha value is -1.62. The molecule has 0 aliphatic heterocycles. The fraction of sp³-hybridized carbons (Fsp3) is 0.357. The van der Waals surface area contributed by atoms with E-state index in [1.54, 1.807) is 20.9 Å². The molecule has 1 aromatic carbocycles. The van der Waals surface area contributed by atoms with E-state index in [0.717, 1.165) is 0 Å². The summed E-state index contributed by atoms with van der Waals surface area (Å²) < 4.78 is 55.0. The van der Waals surface area contributed by atoms with Gasteiger partial charge in [-0.25, -0.2) is 13.4 Å². The largest absolute Gasteiger partial charge is 0.339 e. The average molecular weight is 407 g/mol. The minimum absolute atomic E-state index is 0.0210. The highest BCUT2D eigenvalue weighted by Gasteiger charge is 2.26. The molecule has 25 heavy (non-hydrogen) atoms. The van der Waals surface area contributed by atoms with Crippen LogP contribution < -0.4 is 4.72 Å². The van der Waals surface area contributed by atoms with Crippen molar-refractivity contribution in [2.45, 2.75) is 23.8 Å². The van der Waals surface area contributed by atoms with Crippen LogP contribution in [-0.2, 0) is 27.1 Å². The number of nitrogens with zero attached hydrogens (tertiary/aromatic N) is 3. The molecule has 0 unspecified atom stereocenters. The van der Waals surface area contributed by atoms with Gasteiger partial charge in [0, 0.05) is 26.3 Å². The van der Waals surface area contributed by atoms with Crippen LogP contribution in [0.25, 0.3) is 0 Å². The van der Waals surface area contributed by atoms with Crippen LogP contribution in [0, 0.1) is 0 Å².